The molecule has 78 valence electrons. The second-order valence-corrected chi connectivity index (χ2v) is 3.37. The summed E-state index contributed by atoms with van der Waals surface area (Å²) in [5.41, 5.74) is 1.49. The Hall–Kier alpha value is -0.370. The Morgan fingerprint density at radius 1 is 1.00 bits per heavy atom. The molecule has 0 bridgehead atoms. The summed E-state index contributed by atoms with van der Waals surface area (Å²) < 4.78 is 2.43. The maximum atomic E-state index is 2.45. The minimum atomic E-state index is 1.12. The maximum absolute atomic E-state index is 2.45. The van der Waals surface area contributed by atoms with Crippen molar-refractivity contribution in [3.8, 4) is 0 Å². The lowest BCUT2D eigenvalue weighted by atomic mass is 10.3. The Morgan fingerprint density at radius 2 is 1.46 bits per heavy atom. The molecule has 0 heterocycles. The summed E-state index contributed by atoms with van der Waals surface area (Å²) in [5.74, 6) is 0. The van der Waals surface area contributed by atoms with E-state index in [-0.39, 0.29) is 0 Å². The Kier molecular flexibility index (Phi) is 6.87. The maximum Gasteiger partial charge on any atom is 0.163 e. The second kappa shape index (κ2) is 7.07. The molecule has 0 N–H and O–H groups in total. The zero-order valence-corrected chi connectivity index (χ0v) is 9.93. The molecule has 0 rings (SSSR count). The monoisotopic (exact) mass is 185 g/mol. The summed E-state index contributed by atoms with van der Waals surface area (Å²) in [4.78, 5) is 2.45. The Balaban J connectivity index is 4.22. The summed E-state index contributed by atoms with van der Waals surface area (Å²) >= 11 is 0. The lowest BCUT2D eigenvalue weighted by Gasteiger charge is -2.16. The quantitative estimate of drug-likeness (QED) is 0.452. The molecule has 0 aliphatic heterocycles. The summed E-state index contributed by atoms with van der Waals surface area (Å²) in [6, 6.07) is 0. The number of rotatable bonds is 6. The fraction of sp³-hybridized carbons (Fsp3) is 0.909. The van der Waals surface area contributed by atoms with Gasteiger partial charge in [-0.3, -0.25) is 4.90 Å². The molecule has 13 heavy (non-hydrogen) atoms. The van der Waals surface area contributed by atoms with Gasteiger partial charge in [0.1, 0.15) is 13.1 Å². The molecular formula is C11H25N2+. The van der Waals surface area contributed by atoms with Gasteiger partial charge in [0.15, 0.2) is 5.71 Å². The van der Waals surface area contributed by atoms with Gasteiger partial charge in [-0.25, -0.2) is 4.58 Å². The van der Waals surface area contributed by atoms with E-state index in [4.69, 9.17) is 0 Å². The van der Waals surface area contributed by atoms with Crippen LogP contribution >= 0.6 is 0 Å². The highest BCUT2D eigenvalue weighted by molar-refractivity contribution is 5.79. The van der Waals surface area contributed by atoms with Crippen LogP contribution in [-0.4, -0.2) is 47.9 Å². The predicted octanol–water partition coefficient (Wildman–Crippen LogP) is 1.84. The summed E-state index contributed by atoms with van der Waals surface area (Å²) in [7, 11) is 0. The average molecular weight is 185 g/mol. The fourth-order valence-electron chi connectivity index (χ4n) is 1.63. The van der Waals surface area contributed by atoms with Crippen molar-refractivity contribution in [2.75, 3.05) is 32.7 Å². The fourth-order valence-corrected chi connectivity index (χ4v) is 1.63. The van der Waals surface area contributed by atoms with Crippen molar-refractivity contribution in [3.63, 3.8) is 0 Å². The number of hydrogen-bond acceptors (Lipinski definition) is 1. The van der Waals surface area contributed by atoms with Crippen molar-refractivity contribution < 1.29 is 4.58 Å². The molecular weight excluding hydrogens is 160 g/mol. The number of hydrogen-bond donors (Lipinski definition) is 0. The van der Waals surface area contributed by atoms with Crippen LogP contribution in [0.1, 0.15) is 34.6 Å². The van der Waals surface area contributed by atoms with E-state index in [1.54, 1.807) is 0 Å². The van der Waals surface area contributed by atoms with Crippen LogP contribution in [-0.2, 0) is 0 Å². The predicted molar refractivity (Wildman–Crippen MR) is 59.8 cm³/mol. The normalized spacial score (nSPS) is 10.6. The van der Waals surface area contributed by atoms with Gasteiger partial charge in [-0.15, -0.1) is 0 Å². The van der Waals surface area contributed by atoms with Crippen LogP contribution in [0.25, 0.3) is 0 Å². The average Bonchev–Trinajstić information content (AvgIpc) is 2.16. The summed E-state index contributed by atoms with van der Waals surface area (Å²) in [5, 5.41) is 0. The van der Waals surface area contributed by atoms with Crippen LogP contribution in [0.15, 0.2) is 0 Å². The van der Waals surface area contributed by atoms with Gasteiger partial charge >= 0.3 is 0 Å². The number of nitrogens with zero attached hydrogens (tertiary/aromatic N) is 2. The lowest BCUT2D eigenvalue weighted by molar-refractivity contribution is -0.522. The largest absolute Gasteiger partial charge is 0.294 e. The van der Waals surface area contributed by atoms with Gasteiger partial charge in [-0.2, -0.15) is 0 Å². The Morgan fingerprint density at radius 3 is 1.77 bits per heavy atom. The lowest BCUT2D eigenvalue weighted by Crippen LogP contribution is -2.33. The molecule has 0 saturated carbocycles. The minimum absolute atomic E-state index is 1.12. The molecule has 0 aromatic rings. The molecule has 0 aliphatic rings. The first kappa shape index (κ1) is 12.6. The first-order chi connectivity index (χ1) is 6.19. The second-order valence-electron chi connectivity index (χ2n) is 3.37. The van der Waals surface area contributed by atoms with E-state index in [1.807, 2.05) is 0 Å². The van der Waals surface area contributed by atoms with Crippen LogP contribution < -0.4 is 0 Å². The van der Waals surface area contributed by atoms with E-state index in [1.165, 1.54) is 5.71 Å². The molecule has 0 spiro atoms. The zero-order valence-electron chi connectivity index (χ0n) is 9.93. The van der Waals surface area contributed by atoms with E-state index in [9.17, 15) is 0 Å². The molecule has 0 amide bonds. The third-order valence-electron chi connectivity index (χ3n) is 2.65. The summed E-state index contributed by atoms with van der Waals surface area (Å²) in [6.07, 6.45) is 0. The van der Waals surface area contributed by atoms with Crippen LogP contribution in [0.3, 0.4) is 0 Å². The van der Waals surface area contributed by atoms with E-state index >= 15 is 0 Å². The summed E-state index contributed by atoms with van der Waals surface area (Å²) in [6.45, 7) is 16.8. The molecule has 0 aromatic heterocycles. The van der Waals surface area contributed by atoms with Crippen LogP contribution in [0.5, 0.6) is 0 Å². The Bertz CT molecular complexity index is 151. The highest BCUT2D eigenvalue weighted by Crippen LogP contribution is 1.89. The smallest absolute Gasteiger partial charge is 0.163 e. The van der Waals surface area contributed by atoms with Crippen LogP contribution in [0.4, 0.5) is 0 Å². The van der Waals surface area contributed by atoms with Crippen molar-refractivity contribution >= 4 is 5.71 Å². The van der Waals surface area contributed by atoms with E-state index < -0.39 is 0 Å². The molecule has 2 heteroatoms. The minimum Gasteiger partial charge on any atom is -0.294 e. The third-order valence-corrected chi connectivity index (χ3v) is 2.65. The van der Waals surface area contributed by atoms with E-state index in [0.29, 0.717) is 0 Å². The van der Waals surface area contributed by atoms with E-state index in [0.717, 1.165) is 32.7 Å². The van der Waals surface area contributed by atoms with Gasteiger partial charge < -0.3 is 0 Å². The molecule has 0 fully saturated rings. The highest BCUT2D eigenvalue weighted by atomic mass is 15.1. The van der Waals surface area contributed by atoms with Crippen molar-refractivity contribution in [2.45, 2.75) is 34.6 Å². The molecule has 0 atom stereocenters. The standard InChI is InChI=1S/C11H25N2/c1-6-12(7-2)10-11(5)13(8-3)9-4/h6-10H2,1-5H3/q+1. The van der Waals surface area contributed by atoms with Crippen molar-refractivity contribution in [1.29, 1.82) is 0 Å². The van der Waals surface area contributed by atoms with Gasteiger partial charge in [-0.05, 0) is 26.9 Å². The molecule has 2 nitrogen and oxygen atoms in total. The Labute approximate surface area is 83.3 Å². The van der Waals surface area contributed by atoms with Gasteiger partial charge in [0, 0.05) is 6.92 Å². The zero-order chi connectivity index (χ0) is 10.3. The van der Waals surface area contributed by atoms with Gasteiger partial charge in [0.25, 0.3) is 0 Å². The molecule has 0 saturated heterocycles. The molecule has 0 aliphatic carbocycles. The highest BCUT2D eigenvalue weighted by Gasteiger charge is 2.08. The molecule has 0 aromatic carbocycles. The van der Waals surface area contributed by atoms with Crippen LogP contribution in [0.2, 0.25) is 0 Å². The van der Waals surface area contributed by atoms with Crippen molar-refractivity contribution in [2.24, 2.45) is 0 Å². The first-order valence-electron chi connectivity index (χ1n) is 5.49. The van der Waals surface area contributed by atoms with Gasteiger partial charge in [0.05, 0.1) is 6.54 Å². The molecule has 0 unspecified atom stereocenters. The van der Waals surface area contributed by atoms with Crippen molar-refractivity contribution in [3.05, 3.63) is 0 Å². The first-order valence-corrected chi connectivity index (χ1v) is 5.49. The van der Waals surface area contributed by atoms with Gasteiger partial charge in [0.2, 0.25) is 0 Å². The van der Waals surface area contributed by atoms with Crippen LogP contribution in [0, 0.1) is 0 Å². The molecule has 0 radical (unpaired) electrons. The topological polar surface area (TPSA) is 6.25 Å². The van der Waals surface area contributed by atoms with Gasteiger partial charge in [-0.1, -0.05) is 13.8 Å². The third kappa shape index (κ3) is 4.41. The SMILES string of the molecule is CCN(CC)CC(C)=[N+](CC)CC. The van der Waals surface area contributed by atoms with E-state index in [2.05, 4.69) is 44.1 Å². The van der Waals surface area contributed by atoms with Crippen molar-refractivity contribution in [1.82, 2.24) is 4.90 Å².